The normalized spacial score (nSPS) is 29.8. The molecule has 0 radical (unpaired) electrons. The quantitative estimate of drug-likeness (QED) is 0.239. The van der Waals surface area contributed by atoms with Crippen LogP contribution in [0.2, 0.25) is 0 Å². The standard InChI is InChI=1S/C23H30N10O5S/c1-11-17-16(12(2)28-15(34)7-32-10-27-29-30-32)21(36)33(17)18(22(37)38)19(11)39-13-5-14(26-6-13)20(35)31-8-23(25,9-31)3-4-24/h10-14,16-17,26H,3,5-9,25H2,1-2H3,(H,28,34)(H,37,38)/t11-,12-,13?,14?,16-,17-/m1/s1. The number of likely N-dealkylation sites (tertiary alicyclic amines) is 1. The van der Waals surface area contributed by atoms with E-state index in [1.165, 1.54) is 27.7 Å². The summed E-state index contributed by atoms with van der Waals surface area (Å²) in [6.45, 7) is 4.71. The van der Waals surface area contributed by atoms with Crippen LogP contribution in [0.15, 0.2) is 16.9 Å². The lowest BCUT2D eigenvalue weighted by atomic mass is 9.78. The van der Waals surface area contributed by atoms with Crippen molar-refractivity contribution >= 4 is 35.5 Å². The van der Waals surface area contributed by atoms with E-state index in [9.17, 15) is 24.3 Å². The van der Waals surface area contributed by atoms with Crippen LogP contribution in [0, 0.1) is 23.2 Å². The van der Waals surface area contributed by atoms with E-state index in [0.717, 1.165) is 0 Å². The molecule has 0 spiro atoms. The van der Waals surface area contributed by atoms with Gasteiger partial charge in [-0.15, -0.1) is 16.9 Å². The molecular weight excluding hydrogens is 528 g/mol. The largest absolute Gasteiger partial charge is 0.477 e. The van der Waals surface area contributed by atoms with Crippen molar-refractivity contribution in [1.82, 2.24) is 40.6 Å². The molecule has 208 valence electrons. The Bertz CT molecular complexity index is 1260. The molecule has 6 atom stereocenters. The smallest absolute Gasteiger partial charge is 0.353 e. The molecule has 0 saturated carbocycles. The van der Waals surface area contributed by atoms with Gasteiger partial charge in [-0.25, -0.2) is 9.48 Å². The number of carboxylic acids is 1. The van der Waals surface area contributed by atoms with E-state index < -0.39 is 29.5 Å². The molecule has 3 amide bonds. The first-order chi connectivity index (χ1) is 18.5. The fourth-order valence-corrected chi connectivity index (χ4v) is 7.48. The highest BCUT2D eigenvalue weighted by Crippen LogP contribution is 2.51. The molecule has 4 aliphatic rings. The van der Waals surface area contributed by atoms with Crippen molar-refractivity contribution < 1.29 is 24.3 Å². The van der Waals surface area contributed by atoms with Gasteiger partial charge in [0.2, 0.25) is 17.7 Å². The van der Waals surface area contributed by atoms with Gasteiger partial charge in [-0.3, -0.25) is 14.4 Å². The molecule has 15 nitrogen and oxygen atoms in total. The van der Waals surface area contributed by atoms with Gasteiger partial charge in [0, 0.05) is 41.7 Å². The molecule has 3 fully saturated rings. The van der Waals surface area contributed by atoms with Gasteiger partial charge >= 0.3 is 5.97 Å². The number of nitrogens with two attached hydrogens (primary N) is 1. The lowest BCUT2D eigenvalue weighted by Gasteiger charge is -2.47. The number of nitriles is 1. The zero-order valence-corrected chi connectivity index (χ0v) is 22.3. The van der Waals surface area contributed by atoms with Crippen LogP contribution in [-0.2, 0) is 25.7 Å². The Kier molecular flexibility index (Phi) is 7.08. The van der Waals surface area contributed by atoms with Crippen LogP contribution in [0.5, 0.6) is 0 Å². The molecule has 2 unspecified atom stereocenters. The molecule has 0 aliphatic carbocycles. The summed E-state index contributed by atoms with van der Waals surface area (Å²) in [6.07, 6.45) is 2.01. The maximum atomic E-state index is 13.1. The van der Waals surface area contributed by atoms with Gasteiger partial charge in [-0.05, 0) is 23.8 Å². The highest BCUT2D eigenvalue weighted by Gasteiger charge is 2.60. The maximum Gasteiger partial charge on any atom is 0.353 e. The minimum Gasteiger partial charge on any atom is -0.477 e. The van der Waals surface area contributed by atoms with Gasteiger partial charge in [0.25, 0.3) is 0 Å². The molecule has 39 heavy (non-hydrogen) atoms. The van der Waals surface area contributed by atoms with Crippen LogP contribution in [-0.4, -0.2) is 107 Å². The summed E-state index contributed by atoms with van der Waals surface area (Å²) in [6, 6.07) is 0.730. The molecule has 1 aromatic rings. The number of β-lactam (4-membered cyclic amide) rings is 1. The van der Waals surface area contributed by atoms with Gasteiger partial charge in [-0.2, -0.15) is 5.26 Å². The molecule has 4 aliphatic heterocycles. The first kappa shape index (κ1) is 27.0. The zero-order valence-electron chi connectivity index (χ0n) is 21.5. The number of thioether (sulfide) groups is 1. The van der Waals surface area contributed by atoms with Crippen LogP contribution in [0.3, 0.4) is 0 Å². The van der Waals surface area contributed by atoms with E-state index in [0.29, 0.717) is 31.0 Å². The van der Waals surface area contributed by atoms with Gasteiger partial charge in [0.1, 0.15) is 18.6 Å². The van der Waals surface area contributed by atoms with E-state index in [1.54, 1.807) is 11.8 Å². The van der Waals surface area contributed by atoms with Crippen molar-refractivity contribution in [2.45, 2.75) is 62.1 Å². The van der Waals surface area contributed by atoms with Crippen molar-refractivity contribution in [3.05, 3.63) is 16.9 Å². The van der Waals surface area contributed by atoms with Crippen LogP contribution in [0.25, 0.3) is 0 Å². The summed E-state index contributed by atoms with van der Waals surface area (Å²) in [5, 5.41) is 35.5. The third-order valence-corrected chi connectivity index (χ3v) is 9.36. The summed E-state index contributed by atoms with van der Waals surface area (Å²) in [5.74, 6) is -2.77. The van der Waals surface area contributed by atoms with Crippen LogP contribution in [0.4, 0.5) is 0 Å². The van der Waals surface area contributed by atoms with Crippen molar-refractivity contribution in [2.75, 3.05) is 19.6 Å². The number of carbonyl (C=O) groups excluding carboxylic acids is 3. The minimum atomic E-state index is -1.18. The molecule has 5 N–H and O–H groups in total. The fourth-order valence-electron chi connectivity index (χ4n) is 6.01. The second-order valence-electron chi connectivity index (χ2n) is 10.7. The van der Waals surface area contributed by atoms with Gasteiger partial charge < -0.3 is 31.3 Å². The Morgan fingerprint density at radius 1 is 1.41 bits per heavy atom. The molecule has 16 heteroatoms. The summed E-state index contributed by atoms with van der Waals surface area (Å²) < 4.78 is 1.27. The van der Waals surface area contributed by atoms with Gasteiger partial charge in [0.15, 0.2) is 0 Å². The lowest BCUT2D eigenvalue weighted by molar-refractivity contribution is -0.158. The number of tetrazole rings is 1. The Hall–Kier alpha value is -3.55. The molecular formula is C23H30N10O5S. The number of nitrogens with one attached hydrogen (secondary N) is 2. The Morgan fingerprint density at radius 3 is 2.79 bits per heavy atom. The molecule has 5 heterocycles. The van der Waals surface area contributed by atoms with Crippen LogP contribution < -0.4 is 16.4 Å². The van der Waals surface area contributed by atoms with Crippen molar-refractivity contribution in [3.63, 3.8) is 0 Å². The summed E-state index contributed by atoms with van der Waals surface area (Å²) in [5.41, 5.74) is 5.43. The second kappa shape index (κ2) is 10.2. The SMILES string of the molecule is C[C@@H](NC(=O)Cn1cnnn1)[C@H]1C(=O)N2C(C(=O)O)=C(SC3CNC(C(=O)N4CC(N)(CC#N)C4)C3)[C@H](C)[C@H]12. The van der Waals surface area contributed by atoms with E-state index >= 15 is 0 Å². The predicted octanol–water partition coefficient (Wildman–Crippen LogP) is -2.13. The summed E-state index contributed by atoms with van der Waals surface area (Å²) >= 11 is 1.40. The van der Waals surface area contributed by atoms with E-state index in [4.69, 9.17) is 11.0 Å². The Balaban J connectivity index is 1.21. The highest BCUT2D eigenvalue weighted by molar-refractivity contribution is 8.03. The number of hydrogen-bond donors (Lipinski definition) is 4. The maximum absolute atomic E-state index is 13.1. The third-order valence-electron chi connectivity index (χ3n) is 7.85. The molecule has 0 aromatic carbocycles. The van der Waals surface area contributed by atoms with Crippen LogP contribution >= 0.6 is 11.8 Å². The number of hydrogen-bond acceptors (Lipinski definition) is 11. The number of amides is 3. The number of fused-ring (bicyclic) bond motifs is 1. The van der Waals surface area contributed by atoms with Crippen molar-refractivity contribution in [1.29, 1.82) is 5.26 Å². The number of aromatic nitrogens is 4. The minimum absolute atomic E-state index is 0.0205. The Labute approximate surface area is 228 Å². The number of carboxylic acid groups (broad SMARTS) is 1. The molecule has 1 aromatic heterocycles. The molecule has 5 rings (SSSR count). The number of carbonyl (C=O) groups is 4. The first-order valence-electron chi connectivity index (χ1n) is 12.7. The van der Waals surface area contributed by atoms with Gasteiger partial charge in [0.05, 0.1) is 36.0 Å². The predicted molar refractivity (Wildman–Crippen MR) is 135 cm³/mol. The topological polar surface area (TPSA) is 212 Å². The molecule has 0 bridgehead atoms. The van der Waals surface area contributed by atoms with Gasteiger partial charge in [-0.1, -0.05) is 6.92 Å². The fraction of sp³-hybridized carbons (Fsp3) is 0.652. The lowest BCUT2D eigenvalue weighted by Crippen LogP contribution is -2.70. The van der Waals surface area contributed by atoms with Crippen LogP contribution in [0.1, 0.15) is 26.7 Å². The van der Waals surface area contributed by atoms with E-state index in [2.05, 4.69) is 32.2 Å². The second-order valence-corrected chi connectivity index (χ2v) is 12.1. The van der Waals surface area contributed by atoms with E-state index in [-0.39, 0.29) is 53.6 Å². The number of aliphatic carboxylic acids is 1. The Morgan fingerprint density at radius 2 is 2.15 bits per heavy atom. The number of nitrogens with zero attached hydrogens (tertiary/aromatic N) is 7. The average molecular weight is 559 g/mol. The molecule has 3 saturated heterocycles. The average Bonchev–Trinajstić information content (AvgIpc) is 3.58. The zero-order chi connectivity index (χ0) is 28.1. The highest BCUT2D eigenvalue weighted by atomic mass is 32.2. The third kappa shape index (κ3) is 4.85. The van der Waals surface area contributed by atoms with E-state index in [1.807, 2.05) is 6.92 Å². The summed E-state index contributed by atoms with van der Waals surface area (Å²) in [7, 11) is 0. The monoisotopic (exact) mass is 558 g/mol. The first-order valence-corrected chi connectivity index (χ1v) is 13.6. The van der Waals surface area contributed by atoms with Crippen molar-refractivity contribution in [2.24, 2.45) is 17.6 Å². The van der Waals surface area contributed by atoms with Crippen molar-refractivity contribution in [3.8, 4) is 6.07 Å². The summed E-state index contributed by atoms with van der Waals surface area (Å²) in [4.78, 5) is 54.3. The number of rotatable bonds is 9.